The second-order valence-corrected chi connectivity index (χ2v) is 9.19. The molecule has 2 rings (SSSR count). The monoisotopic (exact) mass is 320 g/mol. The van der Waals surface area contributed by atoms with Crippen LogP contribution in [0.5, 0.6) is 0 Å². The normalized spacial score (nSPS) is 17.6. The molecule has 2 unspecified atom stereocenters. The van der Waals surface area contributed by atoms with Crippen molar-refractivity contribution in [2.45, 2.75) is 0 Å². The quantitative estimate of drug-likeness (QED) is 0.396. The van der Waals surface area contributed by atoms with Crippen LogP contribution in [0, 0.1) is 0 Å². The van der Waals surface area contributed by atoms with Gasteiger partial charge in [0.25, 0.3) is 0 Å². The Labute approximate surface area is 116 Å². The number of rotatable bonds is 5. The number of H-pyrrole nitrogens is 2. The molecule has 110 valence electrons. The van der Waals surface area contributed by atoms with E-state index in [0.29, 0.717) is 0 Å². The number of nitrogens with one attached hydrogen (secondary N) is 2. The molecular formula is C10H18N4O4P2+2. The van der Waals surface area contributed by atoms with Gasteiger partial charge in [0, 0.05) is 12.3 Å². The highest BCUT2D eigenvalue weighted by molar-refractivity contribution is 7.69. The van der Waals surface area contributed by atoms with Crippen LogP contribution >= 0.6 is 14.7 Å². The van der Waals surface area contributed by atoms with Crippen LogP contribution in [0.1, 0.15) is 0 Å². The highest BCUT2D eigenvalue weighted by Crippen LogP contribution is 2.45. The van der Waals surface area contributed by atoms with Gasteiger partial charge >= 0.3 is 25.9 Å². The lowest BCUT2D eigenvalue weighted by atomic mass is 10.9. The maximum atomic E-state index is 12.3. The summed E-state index contributed by atoms with van der Waals surface area (Å²) >= 11 is 0. The summed E-state index contributed by atoms with van der Waals surface area (Å²) in [6, 6.07) is 0. The average molecular weight is 320 g/mol. The Hall–Kier alpha value is -1.20. The van der Waals surface area contributed by atoms with E-state index in [2.05, 4.69) is 9.97 Å². The molecule has 10 heteroatoms. The Balaban J connectivity index is 2.17. The summed E-state index contributed by atoms with van der Waals surface area (Å²) < 4.78 is 27.5. The molecule has 0 aliphatic heterocycles. The van der Waals surface area contributed by atoms with Crippen molar-refractivity contribution in [1.82, 2.24) is 9.97 Å². The summed E-state index contributed by atoms with van der Waals surface area (Å²) in [6.07, 6.45) is 5.77. The molecule has 0 spiro atoms. The van der Waals surface area contributed by atoms with E-state index in [1.807, 2.05) is 0 Å². The molecule has 0 fully saturated rings. The maximum absolute atomic E-state index is 12.3. The van der Waals surface area contributed by atoms with Gasteiger partial charge in [0.1, 0.15) is 24.8 Å². The van der Waals surface area contributed by atoms with E-state index in [-0.39, 0.29) is 23.5 Å². The summed E-state index contributed by atoms with van der Waals surface area (Å²) in [5.41, 5.74) is 0.321. The molecule has 0 aliphatic carbocycles. The molecule has 4 N–H and O–H groups in total. The smallest absolute Gasteiger partial charge is 0.336 e. The van der Waals surface area contributed by atoms with E-state index in [1.165, 1.54) is 9.13 Å². The fraction of sp³-hybridized carbons (Fsp3) is 0.400. The zero-order valence-corrected chi connectivity index (χ0v) is 13.0. The number of nitrogens with zero attached hydrogens (tertiary/aromatic N) is 2. The van der Waals surface area contributed by atoms with Crippen LogP contribution in [-0.2, 0) is 23.2 Å². The third-order valence-corrected chi connectivity index (χ3v) is 7.28. The van der Waals surface area contributed by atoms with Gasteiger partial charge in [0.15, 0.2) is 0 Å². The summed E-state index contributed by atoms with van der Waals surface area (Å²) in [6.45, 7) is 0. The fourth-order valence-electron chi connectivity index (χ4n) is 1.97. The molecule has 0 aliphatic rings. The highest BCUT2D eigenvalue weighted by atomic mass is 31.2. The molecule has 0 aromatic carbocycles. The number of hydrogen-bond donors (Lipinski definition) is 4. The number of hydrogen-bond acceptors (Lipinski definition) is 2. The van der Waals surface area contributed by atoms with Crippen molar-refractivity contribution in [2.24, 2.45) is 14.1 Å². The van der Waals surface area contributed by atoms with Gasteiger partial charge in [-0.1, -0.05) is 0 Å². The summed E-state index contributed by atoms with van der Waals surface area (Å²) in [4.78, 5) is 25.5. The lowest BCUT2D eigenvalue weighted by molar-refractivity contribution is -0.652. The van der Waals surface area contributed by atoms with Crippen LogP contribution in [0.4, 0.5) is 0 Å². The number of aromatic amines is 2. The van der Waals surface area contributed by atoms with Crippen LogP contribution in [0.2, 0.25) is 0 Å². The van der Waals surface area contributed by atoms with Gasteiger partial charge in [-0.25, -0.2) is 19.1 Å². The van der Waals surface area contributed by atoms with Crippen molar-refractivity contribution in [3.8, 4) is 0 Å². The third-order valence-electron chi connectivity index (χ3n) is 3.06. The number of imidazole rings is 2. The van der Waals surface area contributed by atoms with Crippen molar-refractivity contribution in [3.05, 3.63) is 24.8 Å². The van der Waals surface area contributed by atoms with Gasteiger partial charge in [-0.05, 0) is 0 Å². The number of aryl methyl sites for hydroxylation is 2. The van der Waals surface area contributed by atoms with Gasteiger partial charge in [-0.2, -0.15) is 0 Å². The Morgan fingerprint density at radius 1 is 0.950 bits per heavy atom. The number of aromatic nitrogens is 4. The van der Waals surface area contributed by atoms with E-state index in [1.54, 1.807) is 38.9 Å². The molecule has 2 atom stereocenters. The molecule has 0 amide bonds. The SMILES string of the molecule is C[n+]1cc[nH]c1P(=O)(O)CCP(=O)(O)c1[nH]cc[n+]1C. The standard InChI is InChI=1S/C10H16N4O4P2/c1-13-5-3-11-9(13)19(15,16)7-8-20(17,18)10-12-4-6-14(10)2/h3-6H,7-8H2,1-2H3,(H2,15,16,17,18)/p+2. The van der Waals surface area contributed by atoms with Crippen LogP contribution in [0.3, 0.4) is 0 Å². The molecule has 0 bridgehead atoms. The molecule has 20 heavy (non-hydrogen) atoms. The predicted molar refractivity (Wildman–Crippen MR) is 72.6 cm³/mol. The van der Waals surface area contributed by atoms with E-state index >= 15 is 0 Å². The zero-order valence-electron chi connectivity index (χ0n) is 11.2. The molecule has 2 aromatic rings. The summed E-state index contributed by atoms with van der Waals surface area (Å²) in [5.74, 6) is 0. The molecule has 0 saturated carbocycles. The van der Waals surface area contributed by atoms with Gasteiger partial charge in [0.2, 0.25) is 0 Å². The van der Waals surface area contributed by atoms with Crippen molar-refractivity contribution in [1.29, 1.82) is 0 Å². The first-order valence-corrected chi connectivity index (χ1v) is 9.64. The van der Waals surface area contributed by atoms with E-state index < -0.39 is 14.7 Å². The molecule has 2 heterocycles. The minimum atomic E-state index is -3.70. The molecular weight excluding hydrogens is 302 g/mol. The average Bonchev–Trinajstić information content (AvgIpc) is 2.96. The van der Waals surface area contributed by atoms with Crippen LogP contribution in [0.25, 0.3) is 0 Å². The first-order valence-electron chi connectivity index (χ1n) is 5.95. The van der Waals surface area contributed by atoms with E-state index in [0.717, 1.165) is 0 Å². The second kappa shape index (κ2) is 5.30. The van der Waals surface area contributed by atoms with Crippen LogP contribution < -0.4 is 20.3 Å². The predicted octanol–water partition coefficient (Wildman–Crippen LogP) is -1.52. The Kier molecular flexibility index (Phi) is 4.02. The van der Waals surface area contributed by atoms with Gasteiger partial charge in [-0.15, -0.1) is 0 Å². The van der Waals surface area contributed by atoms with Crippen LogP contribution in [0.15, 0.2) is 24.8 Å². The van der Waals surface area contributed by atoms with Crippen molar-refractivity contribution < 1.29 is 28.1 Å². The largest absolute Gasteiger partial charge is 0.339 e. The Morgan fingerprint density at radius 3 is 1.55 bits per heavy atom. The summed E-state index contributed by atoms with van der Waals surface area (Å²) in [7, 11) is -4.12. The van der Waals surface area contributed by atoms with E-state index in [9.17, 15) is 18.9 Å². The van der Waals surface area contributed by atoms with E-state index in [4.69, 9.17) is 0 Å². The zero-order chi connectivity index (χ0) is 15.0. The third kappa shape index (κ3) is 2.94. The molecule has 8 nitrogen and oxygen atoms in total. The lowest BCUT2D eigenvalue weighted by Gasteiger charge is -2.09. The van der Waals surface area contributed by atoms with Crippen molar-refractivity contribution in [2.75, 3.05) is 12.3 Å². The highest BCUT2D eigenvalue weighted by Gasteiger charge is 2.38. The van der Waals surface area contributed by atoms with Crippen molar-refractivity contribution in [3.63, 3.8) is 0 Å². The lowest BCUT2D eigenvalue weighted by Crippen LogP contribution is -2.45. The first kappa shape index (κ1) is 15.2. The van der Waals surface area contributed by atoms with Gasteiger partial charge in [-0.3, -0.25) is 9.13 Å². The molecule has 0 radical (unpaired) electrons. The fourth-order valence-corrected chi connectivity index (χ4v) is 6.23. The minimum absolute atomic E-state index is 0.161. The minimum Gasteiger partial charge on any atom is -0.336 e. The molecule has 2 aromatic heterocycles. The Morgan fingerprint density at radius 2 is 1.30 bits per heavy atom. The summed E-state index contributed by atoms with van der Waals surface area (Å²) in [5, 5.41) is 0. The van der Waals surface area contributed by atoms with Crippen LogP contribution in [-0.4, -0.2) is 32.1 Å². The maximum Gasteiger partial charge on any atom is 0.339 e. The molecule has 0 saturated heterocycles. The Bertz CT molecular complexity index is 647. The first-order chi connectivity index (χ1) is 9.24. The van der Waals surface area contributed by atoms with Gasteiger partial charge in [0.05, 0.1) is 14.1 Å². The van der Waals surface area contributed by atoms with Gasteiger partial charge < -0.3 is 9.79 Å². The topological polar surface area (TPSA) is 114 Å². The van der Waals surface area contributed by atoms with Crippen molar-refractivity contribution >= 4 is 25.9 Å². The second-order valence-electron chi connectivity index (χ2n) is 4.64.